The van der Waals surface area contributed by atoms with Crippen molar-refractivity contribution in [3.05, 3.63) is 18.0 Å². The Morgan fingerprint density at radius 2 is 2.11 bits per heavy atom. The van der Waals surface area contributed by atoms with Gasteiger partial charge in [-0.05, 0) is 25.8 Å². The minimum absolute atomic E-state index is 0.450. The first-order valence-corrected chi connectivity index (χ1v) is 6.58. The van der Waals surface area contributed by atoms with Crippen molar-refractivity contribution in [1.29, 1.82) is 0 Å². The first kappa shape index (κ1) is 12.9. The maximum absolute atomic E-state index is 4.48. The van der Waals surface area contributed by atoms with Crippen molar-refractivity contribution in [2.75, 3.05) is 5.32 Å². The van der Waals surface area contributed by atoms with Crippen LogP contribution in [0.25, 0.3) is 11.0 Å². The number of nitrogens with zero attached hydrogens (tertiary/aromatic N) is 3. The van der Waals surface area contributed by atoms with Gasteiger partial charge in [0.2, 0.25) is 0 Å². The average molecular weight is 246 g/mol. The maximum atomic E-state index is 4.48. The van der Waals surface area contributed by atoms with E-state index in [2.05, 4.69) is 42.2 Å². The van der Waals surface area contributed by atoms with Gasteiger partial charge in [0, 0.05) is 18.5 Å². The Labute approximate surface area is 108 Å². The van der Waals surface area contributed by atoms with Gasteiger partial charge < -0.3 is 5.32 Å². The van der Waals surface area contributed by atoms with Crippen molar-refractivity contribution >= 4 is 16.7 Å². The van der Waals surface area contributed by atoms with E-state index >= 15 is 0 Å². The van der Waals surface area contributed by atoms with Crippen LogP contribution in [0.15, 0.2) is 12.3 Å². The van der Waals surface area contributed by atoms with Gasteiger partial charge in [-0.2, -0.15) is 5.10 Å². The van der Waals surface area contributed by atoms with Crippen molar-refractivity contribution in [3.63, 3.8) is 0 Å². The van der Waals surface area contributed by atoms with Crippen LogP contribution in [-0.4, -0.2) is 20.8 Å². The molecular formula is C14H22N4. The molecule has 0 aliphatic heterocycles. The molecule has 0 bridgehead atoms. The summed E-state index contributed by atoms with van der Waals surface area (Å²) >= 11 is 0. The van der Waals surface area contributed by atoms with Gasteiger partial charge in [0.25, 0.3) is 0 Å². The summed E-state index contributed by atoms with van der Waals surface area (Å²) < 4.78 is 1.83. The largest absolute Gasteiger partial charge is 0.381 e. The molecule has 0 aromatic carbocycles. The average Bonchev–Trinajstić information content (AvgIpc) is 2.63. The van der Waals surface area contributed by atoms with Gasteiger partial charge in [0.1, 0.15) is 0 Å². The second-order valence-electron chi connectivity index (χ2n) is 5.12. The molecule has 1 N–H and O–H groups in total. The lowest BCUT2D eigenvalue weighted by atomic mass is 10.0. The van der Waals surface area contributed by atoms with Gasteiger partial charge in [-0.25, -0.2) is 4.98 Å². The Morgan fingerprint density at radius 3 is 2.78 bits per heavy atom. The third kappa shape index (κ3) is 2.33. The van der Waals surface area contributed by atoms with Crippen LogP contribution in [0.1, 0.15) is 32.9 Å². The number of nitrogens with one attached hydrogen (secondary N) is 1. The van der Waals surface area contributed by atoms with Crippen molar-refractivity contribution in [2.45, 2.75) is 40.2 Å². The molecule has 2 aromatic heterocycles. The smallest absolute Gasteiger partial charge is 0.157 e. The zero-order chi connectivity index (χ0) is 13.3. The Morgan fingerprint density at radius 1 is 1.39 bits per heavy atom. The van der Waals surface area contributed by atoms with Gasteiger partial charge in [-0.1, -0.05) is 20.3 Å². The summed E-state index contributed by atoms with van der Waals surface area (Å²) in [6, 6.07) is 2.59. The highest BCUT2D eigenvalue weighted by atomic mass is 15.3. The molecule has 98 valence electrons. The Bertz CT molecular complexity index is 544. The van der Waals surface area contributed by atoms with E-state index < -0.39 is 0 Å². The Kier molecular flexibility index (Phi) is 3.55. The zero-order valence-electron chi connectivity index (χ0n) is 11.9. The number of hydrogen-bond acceptors (Lipinski definition) is 3. The van der Waals surface area contributed by atoms with Gasteiger partial charge in [-0.3, -0.25) is 4.68 Å². The Hall–Kier alpha value is -1.58. The van der Waals surface area contributed by atoms with Gasteiger partial charge >= 0.3 is 0 Å². The number of aromatic nitrogens is 3. The predicted octanol–water partition coefficient (Wildman–Crippen LogP) is 3.12. The highest BCUT2D eigenvalue weighted by Crippen LogP contribution is 2.21. The van der Waals surface area contributed by atoms with E-state index in [4.69, 9.17) is 0 Å². The zero-order valence-corrected chi connectivity index (χ0v) is 11.9. The van der Waals surface area contributed by atoms with E-state index in [0.29, 0.717) is 12.0 Å². The number of aryl methyl sites for hydroxylation is 2. The summed E-state index contributed by atoms with van der Waals surface area (Å²) in [5.74, 6) is 0.649. The lowest BCUT2D eigenvalue weighted by molar-refractivity contribution is 0.494. The molecule has 4 nitrogen and oxygen atoms in total. The minimum Gasteiger partial charge on any atom is -0.381 e. The SMILES string of the molecule is CCC(C)C(C)Nc1cnc2c(c1)c(C)nn2C. The van der Waals surface area contributed by atoms with Crippen LogP contribution < -0.4 is 5.32 Å². The second-order valence-corrected chi connectivity index (χ2v) is 5.12. The van der Waals surface area contributed by atoms with Crippen LogP contribution >= 0.6 is 0 Å². The fraction of sp³-hybridized carbons (Fsp3) is 0.571. The summed E-state index contributed by atoms with van der Waals surface area (Å²) in [7, 11) is 1.93. The van der Waals surface area contributed by atoms with E-state index in [1.54, 1.807) is 0 Å². The Balaban J connectivity index is 2.27. The molecular weight excluding hydrogens is 224 g/mol. The molecule has 2 rings (SSSR count). The fourth-order valence-corrected chi connectivity index (χ4v) is 2.15. The fourth-order valence-electron chi connectivity index (χ4n) is 2.15. The third-order valence-corrected chi connectivity index (χ3v) is 3.75. The molecule has 0 saturated heterocycles. The molecule has 0 radical (unpaired) electrons. The van der Waals surface area contributed by atoms with Crippen molar-refractivity contribution < 1.29 is 0 Å². The molecule has 2 unspecified atom stereocenters. The van der Waals surface area contributed by atoms with Crippen LogP contribution in [-0.2, 0) is 7.05 Å². The predicted molar refractivity (Wildman–Crippen MR) is 75.8 cm³/mol. The molecule has 0 amide bonds. The molecule has 2 atom stereocenters. The lowest BCUT2D eigenvalue weighted by Gasteiger charge is -2.20. The van der Waals surface area contributed by atoms with Crippen molar-refractivity contribution in [1.82, 2.24) is 14.8 Å². The molecule has 4 heteroatoms. The number of fused-ring (bicyclic) bond motifs is 1. The van der Waals surface area contributed by atoms with Crippen LogP contribution in [0.4, 0.5) is 5.69 Å². The van der Waals surface area contributed by atoms with Gasteiger partial charge in [0.15, 0.2) is 5.65 Å². The molecule has 18 heavy (non-hydrogen) atoms. The first-order chi connectivity index (χ1) is 8.52. The number of hydrogen-bond donors (Lipinski definition) is 1. The molecule has 2 aromatic rings. The first-order valence-electron chi connectivity index (χ1n) is 6.58. The van der Waals surface area contributed by atoms with E-state index in [0.717, 1.165) is 22.4 Å². The van der Waals surface area contributed by atoms with E-state index in [1.807, 2.05) is 24.9 Å². The van der Waals surface area contributed by atoms with Gasteiger partial charge in [-0.15, -0.1) is 0 Å². The maximum Gasteiger partial charge on any atom is 0.157 e. The normalized spacial score (nSPS) is 14.7. The lowest BCUT2D eigenvalue weighted by Crippen LogP contribution is -2.23. The second kappa shape index (κ2) is 4.96. The molecule has 0 aliphatic rings. The molecule has 0 aliphatic carbocycles. The summed E-state index contributed by atoms with van der Waals surface area (Å²) in [6.07, 6.45) is 3.07. The van der Waals surface area contributed by atoms with Gasteiger partial charge in [0.05, 0.1) is 17.6 Å². The number of pyridine rings is 1. The van der Waals surface area contributed by atoms with E-state index in [9.17, 15) is 0 Å². The monoisotopic (exact) mass is 246 g/mol. The topological polar surface area (TPSA) is 42.7 Å². The third-order valence-electron chi connectivity index (χ3n) is 3.75. The van der Waals surface area contributed by atoms with E-state index in [-0.39, 0.29) is 0 Å². The standard InChI is InChI=1S/C14H22N4/c1-6-9(2)10(3)16-12-7-13-11(4)17-18(5)14(13)15-8-12/h7-10,16H,6H2,1-5H3. The van der Waals surface area contributed by atoms with Crippen LogP contribution in [0, 0.1) is 12.8 Å². The highest BCUT2D eigenvalue weighted by molar-refractivity contribution is 5.81. The molecule has 0 fully saturated rings. The van der Waals surface area contributed by atoms with Crippen LogP contribution in [0.3, 0.4) is 0 Å². The molecule has 0 spiro atoms. The number of anilines is 1. The van der Waals surface area contributed by atoms with Crippen LogP contribution in [0.2, 0.25) is 0 Å². The summed E-state index contributed by atoms with van der Waals surface area (Å²) in [5.41, 5.74) is 3.04. The quantitative estimate of drug-likeness (QED) is 0.901. The van der Waals surface area contributed by atoms with Crippen molar-refractivity contribution in [3.8, 4) is 0 Å². The number of rotatable bonds is 4. The minimum atomic E-state index is 0.450. The van der Waals surface area contributed by atoms with Crippen molar-refractivity contribution in [2.24, 2.45) is 13.0 Å². The summed E-state index contributed by atoms with van der Waals surface area (Å²) in [4.78, 5) is 4.48. The molecule has 2 heterocycles. The summed E-state index contributed by atoms with van der Waals surface area (Å²) in [5, 5.41) is 9.03. The highest BCUT2D eigenvalue weighted by Gasteiger charge is 2.12. The molecule has 0 saturated carbocycles. The van der Waals surface area contributed by atoms with E-state index in [1.165, 1.54) is 6.42 Å². The summed E-state index contributed by atoms with van der Waals surface area (Å²) in [6.45, 7) is 8.72. The van der Waals surface area contributed by atoms with Crippen LogP contribution in [0.5, 0.6) is 0 Å².